The average molecular weight is 1050 g/mol. The second-order valence-corrected chi connectivity index (χ2v) is 22.0. The number of aryl methyl sites for hydroxylation is 2. The number of aromatic nitrogens is 3. The summed E-state index contributed by atoms with van der Waals surface area (Å²) in [6.45, 7) is 34.3. The molecule has 3 aromatic heterocycles. The van der Waals surface area contributed by atoms with Crippen LogP contribution in [-0.4, -0.2) is 14.5 Å². The Morgan fingerprint density at radius 2 is 1.23 bits per heavy atom. The second kappa shape index (κ2) is 16.9. The molecule has 0 N–H and O–H groups in total. The summed E-state index contributed by atoms with van der Waals surface area (Å²) in [6, 6.07) is 41.9. The molecule has 342 valence electrons. The first-order valence-corrected chi connectivity index (χ1v) is 22.9. The molecule has 1 aliphatic heterocycles. The van der Waals surface area contributed by atoms with E-state index in [1.54, 1.807) is 0 Å². The van der Waals surface area contributed by atoms with Crippen LogP contribution in [0.25, 0.3) is 38.8 Å². The Morgan fingerprint density at radius 3 is 1.88 bits per heavy atom. The quantitative estimate of drug-likeness (QED) is 0.155. The van der Waals surface area contributed by atoms with Gasteiger partial charge >= 0.3 is 0 Å². The standard InChI is InChI=1S/C59H62N5O.Pt/c1-37-28-41(57(6,7)8)29-38(2)54(37)39-30-47(58(9,10)11)55(48(31-39)59(12,13)14)63-36-62(52-35-60-26-25-50(52)63)42-18-17-19-43(33-42)65-44-22-23-46-45-20-15-16-21-49(45)64(51(46)34-44)53-32-40(24-27-61-53)56(3,4)5;/h15-32,35-36H,1-14H3;/q-3;. The minimum absolute atomic E-state index is 0. The van der Waals surface area contributed by atoms with Crippen LogP contribution >= 0.6 is 0 Å². The van der Waals surface area contributed by atoms with Gasteiger partial charge in [0, 0.05) is 68.0 Å². The SMILES string of the molecule is Cc1cc(C(C)(C)C)cc(C)c1-c1cc(C(C)(C)C)c(N2[CH-]N(c3[c-]c(Oc4[c-]c5c(cc4)c4ccccc4n5-c4cc(C(C)(C)C)ccn4)ccc3)c3cnccc32)c(C(C)(C)C)c1.[Pt]. The van der Waals surface area contributed by atoms with Crippen LogP contribution in [0.5, 0.6) is 11.5 Å². The number of anilines is 4. The van der Waals surface area contributed by atoms with E-state index >= 15 is 0 Å². The first kappa shape index (κ1) is 46.8. The molecule has 0 saturated heterocycles. The van der Waals surface area contributed by atoms with E-state index in [0.29, 0.717) is 11.5 Å². The fourth-order valence-corrected chi connectivity index (χ4v) is 9.35. The second-order valence-electron chi connectivity index (χ2n) is 22.0. The van der Waals surface area contributed by atoms with E-state index < -0.39 is 0 Å². The van der Waals surface area contributed by atoms with Gasteiger partial charge in [-0.3, -0.25) is 4.98 Å². The Hall–Kier alpha value is -5.71. The number of hydrogen-bond acceptors (Lipinski definition) is 5. The average Bonchev–Trinajstić information content (AvgIpc) is 3.78. The third-order valence-electron chi connectivity index (χ3n) is 12.8. The van der Waals surface area contributed by atoms with Gasteiger partial charge in [-0.25, -0.2) is 4.98 Å². The topological polar surface area (TPSA) is 46.4 Å². The molecule has 0 unspecified atom stereocenters. The molecular weight excluding hydrogens is 990 g/mol. The molecule has 0 radical (unpaired) electrons. The first-order valence-electron chi connectivity index (χ1n) is 22.9. The van der Waals surface area contributed by atoms with E-state index in [-0.39, 0.29) is 42.7 Å². The first-order chi connectivity index (χ1) is 30.6. The minimum atomic E-state index is -0.179. The zero-order valence-corrected chi connectivity index (χ0v) is 43.3. The Morgan fingerprint density at radius 1 is 0.576 bits per heavy atom. The molecule has 0 fully saturated rings. The number of fused-ring (bicyclic) bond motifs is 4. The number of benzene rings is 5. The van der Waals surface area contributed by atoms with Gasteiger partial charge in [0.1, 0.15) is 5.82 Å². The monoisotopic (exact) mass is 1050 g/mol. The third kappa shape index (κ3) is 8.58. The van der Waals surface area contributed by atoms with Crippen LogP contribution in [-0.2, 0) is 42.7 Å². The number of pyridine rings is 2. The van der Waals surface area contributed by atoms with Crippen molar-refractivity contribution in [3.05, 3.63) is 168 Å². The van der Waals surface area contributed by atoms with Crippen LogP contribution in [0.3, 0.4) is 0 Å². The summed E-state index contributed by atoms with van der Waals surface area (Å²) in [5.74, 6) is 2.04. The van der Waals surface area contributed by atoms with Gasteiger partial charge in [-0.2, -0.15) is 12.1 Å². The number of hydrogen-bond donors (Lipinski definition) is 0. The predicted molar refractivity (Wildman–Crippen MR) is 272 cm³/mol. The maximum absolute atomic E-state index is 6.66. The van der Waals surface area contributed by atoms with Crippen molar-refractivity contribution in [2.75, 3.05) is 9.80 Å². The molecule has 9 rings (SSSR count). The zero-order chi connectivity index (χ0) is 46.4. The molecule has 4 heterocycles. The van der Waals surface area contributed by atoms with E-state index in [0.717, 1.165) is 44.7 Å². The summed E-state index contributed by atoms with van der Waals surface area (Å²) in [7, 11) is 0. The van der Waals surface area contributed by atoms with Gasteiger partial charge in [0.25, 0.3) is 0 Å². The van der Waals surface area contributed by atoms with Crippen LogP contribution in [0.15, 0.2) is 116 Å². The number of ether oxygens (including phenoxy) is 1. The maximum Gasteiger partial charge on any atom is 0.135 e. The molecule has 66 heavy (non-hydrogen) atoms. The van der Waals surface area contributed by atoms with E-state index in [2.05, 4.69) is 214 Å². The van der Waals surface area contributed by atoms with Crippen LogP contribution < -0.4 is 14.5 Å². The van der Waals surface area contributed by atoms with Gasteiger partial charge in [0.15, 0.2) is 0 Å². The molecular formula is C59H62N5OPt-3. The van der Waals surface area contributed by atoms with E-state index in [1.807, 2.05) is 36.8 Å². The fraction of sp³-hybridized carbons (Fsp3) is 0.305. The van der Waals surface area contributed by atoms with Crippen LogP contribution in [0.4, 0.5) is 22.7 Å². The Bertz CT molecular complexity index is 3080. The van der Waals surface area contributed by atoms with E-state index in [1.165, 1.54) is 50.2 Å². The molecule has 0 aliphatic carbocycles. The largest absolute Gasteiger partial charge is 0.509 e. The van der Waals surface area contributed by atoms with Crippen molar-refractivity contribution < 1.29 is 25.8 Å². The summed E-state index contributed by atoms with van der Waals surface area (Å²) in [5, 5.41) is 2.23. The smallest absolute Gasteiger partial charge is 0.135 e. The van der Waals surface area contributed by atoms with Crippen molar-refractivity contribution in [1.82, 2.24) is 14.5 Å². The molecule has 8 aromatic rings. The number of rotatable bonds is 6. The molecule has 0 spiro atoms. The summed E-state index contributed by atoms with van der Waals surface area (Å²) in [6.07, 6.45) is 5.73. The number of para-hydroxylation sites is 1. The molecule has 7 heteroatoms. The fourth-order valence-electron chi connectivity index (χ4n) is 9.35. The maximum atomic E-state index is 6.66. The zero-order valence-electron chi connectivity index (χ0n) is 41.0. The molecule has 0 bridgehead atoms. The predicted octanol–water partition coefficient (Wildman–Crippen LogP) is 15.8. The molecule has 1 aliphatic rings. The minimum Gasteiger partial charge on any atom is -0.509 e. The van der Waals surface area contributed by atoms with Gasteiger partial charge < -0.3 is 19.1 Å². The van der Waals surface area contributed by atoms with Gasteiger partial charge in [0.05, 0.1) is 5.69 Å². The Balaban J connectivity index is 0.00000592. The summed E-state index contributed by atoms with van der Waals surface area (Å²) >= 11 is 0. The number of nitrogens with zero attached hydrogens (tertiary/aromatic N) is 5. The normalized spacial score (nSPS) is 13.4. The molecule has 6 nitrogen and oxygen atoms in total. The van der Waals surface area contributed by atoms with E-state index in [9.17, 15) is 0 Å². The summed E-state index contributed by atoms with van der Waals surface area (Å²) in [5.41, 5.74) is 16.0. The molecule has 0 atom stereocenters. The Labute approximate surface area is 407 Å². The van der Waals surface area contributed by atoms with Gasteiger partial charge in [-0.15, -0.1) is 48.1 Å². The molecule has 5 aromatic carbocycles. The Kier molecular flexibility index (Phi) is 12.0. The third-order valence-corrected chi connectivity index (χ3v) is 12.8. The van der Waals surface area contributed by atoms with Gasteiger partial charge in [0.2, 0.25) is 0 Å². The molecule has 0 amide bonds. The van der Waals surface area contributed by atoms with Crippen molar-refractivity contribution in [3.8, 4) is 28.4 Å². The van der Waals surface area contributed by atoms with Crippen molar-refractivity contribution in [2.45, 2.75) is 119 Å². The van der Waals surface area contributed by atoms with Crippen molar-refractivity contribution in [2.24, 2.45) is 0 Å². The summed E-state index contributed by atoms with van der Waals surface area (Å²) < 4.78 is 8.86. The van der Waals surface area contributed by atoms with Crippen LogP contribution in [0.2, 0.25) is 0 Å². The van der Waals surface area contributed by atoms with E-state index in [4.69, 9.17) is 9.72 Å². The van der Waals surface area contributed by atoms with Crippen LogP contribution in [0.1, 0.15) is 116 Å². The summed E-state index contributed by atoms with van der Waals surface area (Å²) in [4.78, 5) is 14.1. The van der Waals surface area contributed by atoms with Gasteiger partial charge in [-0.05, 0) is 122 Å². The van der Waals surface area contributed by atoms with Crippen LogP contribution in [0, 0.1) is 32.6 Å². The van der Waals surface area contributed by atoms with Gasteiger partial charge in [-0.1, -0.05) is 119 Å². The molecule has 0 saturated carbocycles. The van der Waals surface area contributed by atoms with Crippen molar-refractivity contribution in [3.63, 3.8) is 0 Å². The van der Waals surface area contributed by atoms with Crippen molar-refractivity contribution in [1.29, 1.82) is 0 Å². The van der Waals surface area contributed by atoms with Crippen molar-refractivity contribution >= 4 is 44.6 Å².